The van der Waals surface area contributed by atoms with Crippen LogP contribution in [0.4, 0.5) is 11.4 Å². The molecule has 9 nitrogen and oxygen atoms in total. The van der Waals surface area contributed by atoms with Gasteiger partial charge in [-0.15, -0.1) is 0 Å². The van der Waals surface area contributed by atoms with Crippen molar-refractivity contribution in [2.75, 3.05) is 23.0 Å². The number of phenolic OH excluding ortho intramolecular Hbond substituents is 1. The predicted octanol–water partition coefficient (Wildman–Crippen LogP) is 4.14. The van der Waals surface area contributed by atoms with Gasteiger partial charge in [-0.05, 0) is 78.9 Å². The Bertz CT molecular complexity index is 1540. The molecule has 2 atom stereocenters. The minimum Gasteiger partial charge on any atom is -0.508 e. The fourth-order valence-corrected chi connectivity index (χ4v) is 5.45. The van der Waals surface area contributed by atoms with Gasteiger partial charge in [0.15, 0.2) is 5.11 Å². The number of anilines is 2. The van der Waals surface area contributed by atoms with Crippen molar-refractivity contribution in [2.24, 2.45) is 0 Å². The number of hydrogen-bond acceptors (Lipinski definition) is 6. The lowest BCUT2D eigenvalue weighted by Crippen LogP contribution is -2.30. The van der Waals surface area contributed by atoms with Gasteiger partial charge in [0.1, 0.15) is 17.5 Å². The van der Waals surface area contributed by atoms with E-state index < -0.39 is 10.0 Å². The van der Waals surface area contributed by atoms with E-state index in [9.17, 15) is 13.5 Å². The Morgan fingerprint density at radius 3 is 2.49 bits per heavy atom. The molecule has 0 bridgehead atoms. The van der Waals surface area contributed by atoms with Crippen LogP contribution in [0.5, 0.6) is 11.5 Å². The normalized spacial score (nSPS) is 17.5. The van der Waals surface area contributed by atoms with E-state index in [-0.39, 0.29) is 17.8 Å². The van der Waals surface area contributed by atoms with Crippen LogP contribution in [-0.2, 0) is 10.0 Å². The fourth-order valence-electron chi connectivity index (χ4n) is 4.54. The third-order valence-electron chi connectivity index (χ3n) is 6.07. The maximum Gasteiger partial charge on any atom is 0.229 e. The lowest BCUT2D eigenvalue weighted by Gasteiger charge is -2.29. The molecule has 2 aromatic carbocycles. The molecule has 3 N–H and O–H groups in total. The van der Waals surface area contributed by atoms with Gasteiger partial charge in [-0.1, -0.05) is 6.07 Å². The van der Waals surface area contributed by atoms with E-state index in [1.54, 1.807) is 30.5 Å². The van der Waals surface area contributed by atoms with E-state index in [4.69, 9.17) is 17.0 Å². The molecule has 0 radical (unpaired) electrons. The zero-order valence-electron chi connectivity index (χ0n) is 20.1. The summed E-state index contributed by atoms with van der Waals surface area (Å²) in [7, 11) is -2.07. The number of aromatic nitrogens is 2. The first-order chi connectivity index (χ1) is 17.7. The largest absolute Gasteiger partial charge is 0.508 e. The van der Waals surface area contributed by atoms with Crippen molar-refractivity contribution in [3.63, 3.8) is 0 Å². The standard InChI is InChI=1S/C26H25N5O4S2/c1-35-23-13-10-18(16-21(23)29-37(2,33)34)31-25(24(28-26(31)36)20-6-3-4-14-27-20)22-7-5-15-30(22)17-8-11-19(32)12-9-17/h3-16,24-25,29,32H,1-2H3,(H,28,36)/t24-,25-/m1/s1. The summed E-state index contributed by atoms with van der Waals surface area (Å²) in [6, 6.07) is 21.2. The van der Waals surface area contributed by atoms with Crippen molar-refractivity contribution < 1.29 is 18.3 Å². The third-order valence-corrected chi connectivity index (χ3v) is 6.97. The number of pyridine rings is 1. The topological polar surface area (TPSA) is 109 Å². The molecule has 0 spiro atoms. The van der Waals surface area contributed by atoms with Crippen LogP contribution in [-0.4, -0.2) is 41.6 Å². The van der Waals surface area contributed by atoms with Crippen molar-refractivity contribution in [2.45, 2.75) is 12.1 Å². The monoisotopic (exact) mass is 535 g/mol. The zero-order valence-corrected chi connectivity index (χ0v) is 21.7. The summed E-state index contributed by atoms with van der Waals surface area (Å²) in [6.07, 6.45) is 4.77. The first-order valence-electron chi connectivity index (χ1n) is 11.4. The van der Waals surface area contributed by atoms with Gasteiger partial charge in [0.05, 0.1) is 30.8 Å². The Hall–Kier alpha value is -4.09. The number of ether oxygens (including phenoxy) is 1. The van der Waals surface area contributed by atoms with Crippen LogP contribution in [0.15, 0.2) is 85.2 Å². The number of methoxy groups -OCH3 is 1. The molecule has 1 aliphatic heterocycles. The molecule has 3 heterocycles. The number of thiocarbonyl (C=S) groups is 1. The first kappa shape index (κ1) is 24.6. The number of sulfonamides is 1. The fraction of sp³-hybridized carbons (Fsp3) is 0.154. The molecule has 0 amide bonds. The number of rotatable bonds is 7. The molecule has 11 heteroatoms. The quantitative estimate of drug-likeness (QED) is 0.303. The molecule has 2 aromatic heterocycles. The molecule has 1 aliphatic rings. The molecular formula is C26H25N5O4S2. The van der Waals surface area contributed by atoms with Gasteiger partial charge >= 0.3 is 0 Å². The molecule has 0 unspecified atom stereocenters. The first-order valence-corrected chi connectivity index (χ1v) is 13.7. The van der Waals surface area contributed by atoms with Crippen molar-refractivity contribution in [3.05, 3.63) is 96.6 Å². The highest BCUT2D eigenvalue weighted by molar-refractivity contribution is 7.92. The Labute approximate surface area is 220 Å². The average molecular weight is 536 g/mol. The molecular weight excluding hydrogens is 510 g/mol. The van der Waals surface area contributed by atoms with Crippen LogP contribution >= 0.6 is 12.2 Å². The van der Waals surface area contributed by atoms with Crippen LogP contribution < -0.4 is 19.7 Å². The second-order valence-corrected chi connectivity index (χ2v) is 10.7. The smallest absolute Gasteiger partial charge is 0.229 e. The average Bonchev–Trinajstić information content (AvgIpc) is 3.48. The van der Waals surface area contributed by atoms with E-state index in [2.05, 4.69) is 15.0 Å². The van der Waals surface area contributed by atoms with Crippen molar-refractivity contribution in [1.82, 2.24) is 14.9 Å². The SMILES string of the molecule is COc1ccc(N2C(=S)N[C@H](c3ccccn3)[C@H]2c2cccn2-c2ccc(O)cc2)cc1NS(C)(=O)=O. The Morgan fingerprint density at radius 2 is 1.81 bits per heavy atom. The summed E-state index contributed by atoms with van der Waals surface area (Å²) >= 11 is 5.82. The number of hydrogen-bond donors (Lipinski definition) is 3. The van der Waals surface area contributed by atoms with Crippen molar-refractivity contribution in [1.29, 1.82) is 0 Å². The minimum atomic E-state index is -3.55. The van der Waals surface area contributed by atoms with E-state index in [0.717, 1.165) is 23.3 Å². The summed E-state index contributed by atoms with van der Waals surface area (Å²) in [5, 5.41) is 13.7. The predicted molar refractivity (Wildman–Crippen MR) is 147 cm³/mol. The highest BCUT2D eigenvalue weighted by Crippen LogP contribution is 2.44. The van der Waals surface area contributed by atoms with Gasteiger partial charge in [0.25, 0.3) is 0 Å². The van der Waals surface area contributed by atoms with Crippen LogP contribution in [0.25, 0.3) is 5.69 Å². The second-order valence-electron chi connectivity index (χ2n) is 8.57. The van der Waals surface area contributed by atoms with E-state index in [1.165, 1.54) is 7.11 Å². The number of phenols is 1. The van der Waals surface area contributed by atoms with Gasteiger partial charge in [-0.2, -0.15) is 0 Å². The Morgan fingerprint density at radius 1 is 1.05 bits per heavy atom. The number of benzene rings is 2. The molecule has 5 rings (SSSR count). The molecule has 0 aliphatic carbocycles. The van der Waals surface area contributed by atoms with E-state index >= 15 is 0 Å². The van der Waals surface area contributed by atoms with Crippen LogP contribution in [0.3, 0.4) is 0 Å². The van der Waals surface area contributed by atoms with Crippen LogP contribution in [0.1, 0.15) is 23.5 Å². The lowest BCUT2D eigenvalue weighted by atomic mass is 10.0. The summed E-state index contributed by atoms with van der Waals surface area (Å²) in [4.78, 5) is 6.54. The third kappa shape index (κ3) is 4.95. The highest BCUT2D eigenvalue weighted by atomic mass is 32.2. The zero-order chi connectivity index (χ0) is 26.2. The molecule has 4 aromatic rings. The molecule has 0 saturated carbocycles. The van der Waals surface area contributed by atoms with Gasteiger partial charge in [0, 0.05) is 29.5 Å². The van der Waals surface area contributed by atoms with Crippen molar-refractivity contribution in [3.8, 4) is 17.2 Å². The van der Waals surface area contributed by atoms with E-state index in [1.807, 2.05) is 64.2 Å². The van der Waals surface area contributed by atoms with Gasteiger partial charge in [-0.25, -0.2) is 8.42 Å². The van der Waals surface area contributed by atoms with Crippen LogP contribution in [0, 0.1) is 0 Å². The summed E-state index contributed by atoms with van der Waals surface area (Å²) in [5.74, 6) is 0.566. The Kier molecular flexibility index (Phi) is 6.48. The van der Waals surface area contributed by atoms with Crippen LogP contribution in [0.2, 0.25) is 0 Å². The second kappa shape index (κ2) is 9.75. The minimum absolute atomic E-state index is 0.179. The molecule has 190 valence electrons. The molecule has 1 saturated heterocycles. The van der Waals surface area contributed by atoms with E-state index in [0.29, 0.717) is 22.2 Å². The molecule has 1 fully saturated rings. The summed E-state index contributed by atoms with van der Waals surface area (Å²) < 4.78 is 34.0. The van der Waals surface area contributed by atoms with Crippen molar-refractivity contribution >= 4 is 38.7 Å². The highest BCUT2D eigenvalue weighted by Gasteiger charge is 2.42. The maximum atomic E-state index is 12.0. The summed E-state index contributed by atoms with van der Waals surface area (Å²) in [6.45, 7) is 0. The number of aromatic hydroxyl groups is 1. The maximum absolute atomic E-state index is 12.0. The summed E-state index contributed by atoms with van der Waals surface area (Å²) in [5.41, 5.74) is 3.57. The van der Waals surface area contributed by atoms with Gasteiger partial charge in [0.2, 0.25) is 10.0 Å². The van der Waals surface area contributed by atoms with Gasteiger partial charge in [-0.3, -0.25) is 9.71 Å². The number of nitrogens with one attached hydrogen (secondary N) is 2. The Balaban J connectivity index is 1.66. The van der Waals surface area contributed by atoms with Gasteiger partial charge < -0.3 is 24.6 Å². The molecule has 37 heavy (non-hydrogen) atoms. The lowest BCUT2D eigenvalue weighted by molar-refractivity contribution is 0.417. The number of nitrogens with zero attached hydrogens (tertiary/aromatic N) is 3.